The van der Waals surface area contributed by atoms with Crippen molar-refractivity contribution >= 4 is 29.8 Å². The average molecular weight is 426 g/mol. The number of morpholine rings is 1. The number of aromatic nitrogens is 2. The molecule has 8 heteroatoms. The lowest BCUT2D eigenvalue weighted by Crippen LogP contribution is -2.36. The molecule has 2 heterocycles. The van der Waals surface area contributed by atoms with Crippen molar-refractivity contribution in [2.24, 2.45) is 5.10 Å². The van der Waals surface area contributed by atoms with Crippen molar-refractivity contribution in [2.75, 3.05) is 31.7 Å². The van der Waals surface area contributed by atoms with Crippen LogP contribution in [0, 0.1) is 6.92 Å². The zero-order valence-corrected chi connectivity index (χ0v) is 17.6. The van der Waals surface area contributed by atoms with Crippen LogP contribution >= 0.6 is 11.6 Å². The Morgan fingerprint density at radius 1 is 1.23 bits per heavy atom. The predicted octanol–water partition coefficient (Wildman–Crippen LogP) is 3.59. The van der Waals surface area contributed by atoms with Gasteiger partial charge in [-0.1, -0.05) is 23.7 Å². The number of anilines is 1. The van der Waals surface area contributed by atoms with Gasteiger partial charge < -0.3 is 9.64 Å². The molecular weight excluding hydrogens is 402 g/mol. The van der Waals surface area contributed by atoms with Crippen LogP contribution in [0.3, 0.4) is 0 Å². The van der Waals surface area contributed by atoms with E-state index >= 15 is 0 Å². The Kier molecular flexibility index (Phi) is 6.30. The molecule has 2 aromatic rings. The lowest BCUT2D eigenvalue weighted by molar-refractivity contribution is 0.0548. The van der Waals surface area contributed by atoms with Crippen molar-refractivity contribution in [3.63, 3.8) is 0 Å². The van der Waals surface area contributed by atoms with E-state index in [0.717, 1.165) is 55.3 Å². The minimum atomic E-state index is -0.206. The van der Waals surface area contributed by atoms with Gasteiger partial charge in [0.25, 0.3) is 5.56 Å². The molecule has 0 unspecified atom stereocenters. The van der Waals surface area contributed by atoms with E-state index in [2.05, 4.69) is 31.5 Å². The van der Waals surface area contributed by atoms with Gasteiger partial charge in [-0.05, 0) is 54.7 Å². The summed E-state index contributed by atoms with van der Waals surface area (Å²) >= 11 is 6.03. The number of aromatic amines is 1. The fraction of sp³-hybridized carbons (Fsp3) is 0.318. The summed E-state index contributed by atoms with van der Waals surface area (Å²) in [4.78, 5) is 20.8. The number of H-pyrrole nitrogens is 1. The topological polar surface area (TPSA) is 82.6 Å². The number of nitrogens with one attached hydrogen (secondary N) is 2. The van der Waals surface area contributed by atoms with Gasteiger partial charge in [-0.25, -0.2) is 10.4 Å². The Bertz CT molecular complexity index is 1050. The fourth-order valence-corrected chi connectivity index (χ4v) is 3.86. The predicted molar refractivity (Wildman–Crippen MR) is 120 cm³/mol. The summed E-state index contributed by atoms with van der Waals surface area (Å²) < 4.78 is 5.54. The number of rotatable bonds is 5. The maximum absolute atomic E-state index is 11.6. The number of hydrogen-bond acceptors (Lipinski definition) is 6. The van der Waals surface area contributed by atoms with E-state index in [1.54, 1.807) is 6.92 Å². The summed E-state index contributed by atoms with van der Waals surface area (Å²) in [5.74, 6) is 0.333. The summed E-state index contributed by atoms with van der Waals surface area (Å²) in [7, 11) is 0. The van der Waals surface area contributed by atoms with Gasteiger partial charge in [-0.15, -0.1) is 0 Å². The first-order valence-electron chi connectivity index (χ1n) is 9.98. The quantitative estimate of drug-likeness (QED) is 0.565. The van der Waals surface area contributed by atoms with E-state index < -0.39 is 0 Å². The highest BCUT2D eigenvalue weighted by Crippen LogP contribution is 2.35. The van der Waals surface area contributed by atoms with Gasteiger partial charge in [0.05, 0.1) is 19.4 Å². The fourth-order valence-electron chi connectivity index (χ4n) is 3.74. The number of aryl methyl sites for hydroxylation is 1. The van der Waals surface area contributed by atoms with Crippen LogP contribution in [-0.4, -0.2) is 47.4 Å². The maximum Gasteiger partial charge on any atom is 0.252 e. The summed E-state index contributed by atoms with van der Waals surface area (Å²) in [6.07, 6.45) is 5.88. The number of benzene rings is 1. The van der Waals surface area contributed by atoms with E-state index in [-0.39, 0.29) is 5.56 Å². The molecule has 1 fully saturated rings. The summed E-state index contributed by atoms with van der Waals surface area (Å²) in [6, 6.07) is 9.31. The first kappa shape index (κ1) is 20.4. The summed E-state index contributed by atoms with van der Waals surface area (Å²) in [5.41, 5.74) is 8.04. The van der Waals surface area contributed by atoms with E-state index in [4.69, 9.17) is 16.3 Å². The van der Waals surface area contributed by atoms with Crippen LogP contribution in [0.4, 0.5) is 5.95 Å². The monoisotopic (exact) mass is 425 g/mol. The molecule has 7 nitrogen and oxygen atoms in total. The molecule has 0 radical (unpaired) electrons. The van der Waals surface area contributed by atoms with Crippen molar-refractivity contribution in [2.45, 2.75) is 19.8 Å². The highest BCUT2D eigenvalue weighted by Gasteiger charge is 2.25. The van der Waals surface area contributed by atoms with Crippen LogP contribution in [0.25, 0.3) is 6.08 Å². The molecule has 1 aliphatic heterocycles. The van der Waals surface area contributed by atoms with Gasteiger partial charge >= 0.3 is 0 Å². The third-order valence-electron chi connectivity index (χ3n) is 5.07. The van der Waals surface area contributed by atoms with Crippen molar-refractivity contribution in [1.29, 1.82) is 0 Å². The first-order chi connectivity index (χ1) is 14.6. The number of hydrazone groups is 1. The number of allylic oxidation sites excluding steroid dienone is 2. The van der Waals surface area contributed by atoms with Gasteiger partial charge in [0.15, 0.2) is 0 Å². The maximum atomic E-state index is 11.6. The largest absolute Gasteiger partial charge is 0.378 e. The van der Waals surface area contributed by atoms with Crippen LogP contribution in [-0.2, 0) is 4.74 Å². The lowest BCUT2D eigenvalue weighted by atomic mass is 10.1. The molecule has 30 heavy (non-hydrogen) atoms. The van der Waals surface area contributed by atoms with Crippen molar-refractivity contribution in [1.82, 2.24) is 14.9 Å². The molecular formula is C22H24ClN5O2. The van der Waals surface area contributed by atoms with Crippen molar-refractivity contribution in [3.05, 3.63) is 73.8 Å². The summed E-state index contributed by atoms with van der Waals surface area (Å²) in [5, 5.41) is 5.07. The van der Waals surface area contributed by atoms with Crippen LogP contribution < -0.4 is 11.0 Å². The van der Waals surface area contributed by atoms with Gasteiger partial charge in [-0.3, -0.25) is 9.78 Å². The first-order valence-corrected chi connectivity index (χ1v) is 10.4. The number of ether oxygens (including phenoxy) is 1. The van der Waals surface area contributed by atoms with E-state index in [9.17, 15) is 4.79 Å². The molecule has 1 aromatic heterocycles. The van der Waals surface area contributed by atoms with Gasteiger partial charge in [0, 0.05) is 35.6 Å². The molecule has 2 aliphatic rings. The highest BCUT2D eigenvalue weighted by atomic mass is 35.5. The Hall–Kier alpha value is -2.90. The molecule has 0 saturated carbocycles. The Morgan fingerprint density at radius 3 is 2.73 bits per heavy atom. The third-order valence-corrected chi connectivity index (χ3v) is 5.32. The molecule has 0 atom stereocenters. The van der Waals surface area contributed by atoms with Crippen LogP contribution in [0.2, 0.25) is 5.02 Å². The molecule has 1 saturated heterocycles. The van der Waals surface area contributed by atoms with E-state index in [0.29, 0.717) is 11.6 Å². The standard InChI is InChI=1S/C22H24ClN5O2/c1-15-12-20(29)26-22(25-15)27-24-14-18-5-4-17(13-16-2-6-19(23)7-3-16)21(18)28-8-10-30-11-9-28/h2-3,6-7,12-14H,4-5,8-11H2,1H3,(H2,25,26,27,29)/b17-13+,24-14+. The molecule has 2 N–H and O–H groups in total. The second-order valence-corrected chi connectivity index (χ2v) is 7.74. The minimum Gasteiger partial charge on any atom is -0.378 e. The zero-order valence-electron chi connectivity index (χ0n) is 16.8. The molecule has 156 valence electrons. The van der Waals surface area contributed by atoms with Gasteiger partial charge in [0.1, 0.15) is 0 Å². The second-order valence-electron chi connectivity index (χ2n) is 7.30. The summed E-state index contributed by atoms with van der Waals surface area (Å²) in [6.45, 7) is 4.91. The van der Waals surface area contributed by atoms with Crippen LogP contribution in [0.5, 0.6) is 0 Å². The average Bonchev–Trinajstić information content (AvgIpc) is 3.12. The number of halogens is 1. The molecule has 4 rings (SSSR count). The third kappa shape index (κ3) is 4.98. The smallest absolute Gasteiger partial charge is 0.252 e. The van der Waals surface area contributed by atoms with E-state index in [1.807, 2.05) is 30.5 Å². The molecule has 0 bridgehead atoms. The van der Waals surface area contributed by atoms with Crippen LogP contribution in [0.15, 0.2) is 57.1 Å². The zero-order chi connectivity index (χ0) is 20.9. The lowest BCUT2D eigenvalue weighted by Gasteiger charge is -2.31. The Labute approximate surface area is 180 Å². The van der Waals surface area contributed by atoms with Gasteiger partial charge in [-0.2, -0.15) is 5.10 Å². The highest BCUT2D eigenvalue weighted by molar-refractivity contribution is 6.30. The number of nitrogens with zero attached hydrogens (tertiary/aromatic N) is 3. The Balaban J connectivity index is 1.61. The van der Waals surface area contributed by atoms with Gasteiger partial charge in [0.2, 0.25) is 5.95 Å². The van der Waals surface area contributed by atoms with Crippen molar-refractivity contribution in [3.8, 4) is 0 Å². The van der Waals surface area contributed by atoms with Crippen molar-refractivity contribution < 1.29 is 4.74 Å². The SMILES string of the molecule is Cc1cc(=O)[nH]c(N/N=C/C2=C(N3CCOCC3)C(=C/c3ccc(Cl)cc3)/CC2)n1. The Morgan fingerprint density at radius 2 is 2.00 bits per heavy atom. The molecule has 1 aromatic carbocycles. The molecule has 0 spiro atoms. The minimum absolute atomic E-state index is 0.206. The molecule has 1 aliphatic carbocycles. The van der Waals surface area contributed by atoms with E-state index in [1.165, 1.54) is 17.3 Å². The normalized spacial score (nSPS) is 18.6. The molecule has 0 amide bonds. The second kappa shape index (κ2) is 9.28. The van der Waals surface area contributed by atoms with Crippen LogP contribution in [0.1, 0.15) is 24.1 Å². The number of hydrogen-bond donors (Lipinski definition) is 2.